The molecule has 0 aromatic heterocycles. The Hall–Kier alpha value is -2.82. The van der Waals surface area contributed by atoms with Gasteiger partial charge in [-0.2, -0.15) is 0 Å². The van der Waals surface area contributed by atoms with E-state index in [-0.39, 0.29) is 36.2 Å². The van der Waals surface area contributed by atoms with E-state index >= 15 is 0 Å². The number of hydrogen-bond donors (Lipinski definition) is 1. The molecule has 2 amide bonds. The van der Waals surface area contributed by atoms with Gasteiger partial charge in [-0.15, -0.1) is 0 Å². The zero-order valence-electron chi connectivity index (χ0n) is 23.6. The van der Waals surface area contributed by atoms with Crippen LogP contribution in [0.1, 0.15) is 69.7 Å². The van der Waals surface area contributed by atoms with Crippen molar-refractivity contribution in [2.24, 2.45) is 0 Å². The highest BCUT2D eigenvalue weighted by molar-refractivity contribution is 6.42. The number of rotatable bonds is 11. The second-order valence-electron chi connectivity index (χ2n) is 11.2. The third kappa shape index (κ3) is 9.12. The molecule has 0 spiro atoms. The molecule has 0 saturated carbocycles. The minimum Gasteiger partial charge on any atom is -0.352 e. The van der Waals surface area contributed by atoms with Gasteiger partial charge in [0, 0.05) is 25.4 Å². The highest BCUT2D eigenvalue weighted by Crippen LogP contribution is 2.25. The number of nitrogens with zero attached hydrogens (tertiary/aromatic N) is 1. The summed E-state index contributed by atoms with van der Waals surface area (Å²) >= 11 is 12.5. The summed E-state index contributed by atoms with van der Waals surface area (Å²) in [7, 11) is 0. The van der Waals surface area contributed by atoms with Crippen molar-refractivity contribution in [2.75, 3.05) is 0 Å². The predicted molar refractivity (Wildman–Crippen MR) is 162 cm³/mol. The number of benzene rings is 3. The van der Waals surface area contributed by atoms with Gasteiger partial charge in [-0.1, -0.05) is 112 Å². The van der Waals surface area contributed by atoms with Crippen molar-refractivity contribution in [2.45, 2.75) is 84.3 Å². The fourth-order valence-electron chi connectivity index (χ4n) is 4.40. The Kier molecular flexibility index (Phi) is 11.0. The van der Waals surface area contributed by atoms with Crippen LogP contribution >= 0.6 is 23.2 Å². The van der Waals surface area contributed by atoms with Gasteiger partial charge in [0.25, 0.3) is 0 Å². The van der Waals surface area contributed by atoms with Gasteiger partial charge in [-0.05, 0) is 59.6 Å². The fraction of sp³-hybridized carbons (Fsp3) is 0.394. The van der Waals surface area contributed by atoms with Gasteiger partial charge in [-0.3, -0.25) is 9.59 Å². The molecule has 0 aliphatic heterocycles. The summed E-state index contributed by atoms with van der Waals surface area (Å²) in [6.45, 7) is 10.8. The molecule has 1 N–H and O–H groups in total. The van der Waals surface area contributed by atoms with Gasteiger partial charge in [0.15, 0.2) is 0 Å². The van der Waals surface area contributed by atoms with Crippen LogP contribution in [0, 0.1) is 0 Å². The quantitative estimate of drug-likeness (QED) is 0.257. The molecule has 208 valence electrons. The minimum atomic E-state index is -0.674. The Morgan fingerprint density at radius 2 is 1.51 bits per heavy atom. The summed E-state index contributed by atoms with van der Waals surface area (Å²) in [6.07, 6.45) is 2.09. The van der Waals surface area contributed by atoms with Crippen LogP contribution in [0.25, 0.3) is 0 Å². The maximum absolute atomic E-state index is 13.9. The van der Waals surface area contributed by atoms with Crippen LogP contribution in [-0.4, -0.2) is 28.8 Å². The lowest BCUT2D eigenvalue weighted by Crippen LogP contribution is -2.52. The summed E-state index contributed by atoms with van der Waals surface area (Å²) in [5, 5.41) is 3.98. The standard InChI is InChI=1S/C33H40Cl2N2O2/c1-6-23(2)36-32(39)30(21-25-10-8-7-9-11-25)37(22-26-14-18-28(34)29(35)20-26)31(38)19-15-24-12-16-27(17-13-24)33(3,4)5/h7-14,16-18,20,23,30H,6,15,19,21-22H2,1-5H3,(H,36,39)/t23-,30-/m0/s1. The van der Waals surface area contributed by atoms with Gasteiger partial charge in [0.2, 0.25) is 11.8 Å². The lowest BCUT2D eigenvalue weighted by molar-refractivity contribution is -0.141. The van der Waals surface area contributed by atoms with Crippen LogP contribution in [-0.2, 0) is 34.4 Å². The molecule has 0 aliphatic carbocycles. The van der Waals surface area contributed by atoms with Gasteiger partial charge in [0.05, 0.1) is 10.0 Å². The number of halogens is 2. The van der Waals surface area contributed by atoms with E-state index in [2.05, 4.69) is 50.4 Å². The second-order valence-corrected chi connectivity index (χ2v) is 12.1. The van der Waals surface area contributed by atoms with Crippen molar-refractivity contribution in [3.63, 3.8) is 0 Å². The van der Waals surface area contributed by atoms with Crippen LogP contribution in [0.15, 0.2) is 72.8 Å². The first-order valence-corrected chi connectivity index (χ1v) is 14.4. The molecule has 3 aromatic rings. The average molecular weight is 568 g/mol. The highest BCUT2D eigenvalue weighted by Gasteiger charge is 2.31. The zero-order chi connectivity index (χ0) is 28.6. The summed E-state index contributed by atoms with van der Waals surface area (Å²) in [6, 6.07) is 22.9. The minimum absolute atomic E-state index is 0.000896. The van der Waals surface area contributed by atoms with E-state index in [0.717, 1.165) is 23.1 Å². The Labute approximate surface area is 243 Å². The van der Waals surface area contributed by atoms with Crippen molar-refractivity contribution >= 4 is 35.0 Å². The van der Waals surface area contributed by atoms with Crippen LogP contribution in [0.3, 0.4) is 0 Å². The number of aryl methyl sites for hydroxylation is 1. The largest absolute Gasteiger partial charge is 0.352 e. The number of nitrogens with one attached hydrogen (secondary N) is 1. The Balaban J connectivity index is 1.91. The number of carbonyl (C=O) groups excluding carboxylic acids is 2. The monoisotopic (exact) mass is 566 g/mol. The molecule has 0 unspecified atom stereocenters. The topological polar surface area (TPSA) is 49.4 Å². The summed E-state index contributed by atoms with van der Waals surface area (Å²) < 4.78 is 0. The molecule has 4 nitrogen and oxygen atoms in total. The molecule has 0 aliphatic rings. The van der Waals surface area contributed by atoms with E-state index in [1.54, 1.807) is 17.0 Å². The van der Waals surface area contributed by atoms with Crippen molar-refractivity contribution in [3.8, 4) is 0 Å². The third-order valence-electron chi connectivity index (χ3n) is 7.06. The molecule has 39 heavy (non-hydrogen) atoms. The van der Waals surface area contributed by atoms with E-state index in [9.17, 15) is 9.59 Å². The Morgan fingerprint density at radius 1 is 0.872 bits per heavy atom. The maximum atomic E-state index is 13.9. The molecule has 0 heterocycles. The number of amides is 2. The lowest BCUT2D eigenvalue weighted by atomic mass is 9.86. The number of hydrogen-bond acceptors (Lipinski definition) is 2. The van der Waals surface area contributed by atoms with Crippen LogP contribution in [0.2, 0.25) is 10.0 Å². The molecule has 0 saturated heterocycles. The van der Waals surface area contributed by atoms with E-state index in [0.29, 0.717) is 22.9 Å². The molecule has 2 atom stereocenters. The zero-order valence-corrected chi connectivity index (χ0v) is 25.1. The first kappa shape index (κ1) is 30.7. The molecular weight excluding hydrogens is 527 g/mol. The average Bonchev–Trinajstić information content (AvgIpc) is 2.91. The summed E-state index contributed by atoms with van der Waals surface area (Å²) in [4.78, 5) is 29.2. The second kappa shape index (κ2) is 14.0. The number of carbonyl (C=O) groups is 2. The van der Waals surface area contributed by atoms with Crippen LogP contribution in [0.4, 0.5) is 0 Å². The Bertz CT molecular complexity index is 1240. The molecule has 6 heteroatoms. The van der Waals surface area contributed by atoms with E-state index < -0.39 is 6.04 Å². The van der Waals surface area contributed by atoms with E-state index in [1.807, 2.05) is 50.2 Å². The summed E-state index contributed by atoms with van der Waals surface area (Å²) in [5.41, 5.74) is 4.23. The van der Waals surface area contributed by atoms with Crippen LogP contribution in [0.5, 0.6) is 0 Å². The highest BCUT2D eigenvalue weighted by atomic mass is 35.5. The van der Waals surface area contributed by atoms with E-state index in [4.69, 9.17) is 23.2 Å². The lowest BCUT2D eigenvalue weighted by Gasteiger charge is -2.32. The van der Waals surface area contributed by atoms with E-state index in [1.165, 1.54) is 5.56 Å². The van der Waals surface area contributed by atoms with Crippen molar-refractivity contribution in [1.29, 1.82) is 0 Å². The normalized spacial score (nSPS) is 13.0. The molecule has 0 fully saturated rings. The molecule has 0 radical (unpaired) electrons. The smallest absolute Gasteiger partial charge is 0.243 e. The van der Waals surface area contributed by atoms with Crippen LogP contribution < -0.4 is 5.32 Å². The van der Waals surface area contributed by atoms with Gasteiger partial charge in [0.1, 0.15) is 6.04 Å². The first-order chi connectivity index (χ1) is 18.5. The van der Waals surface area contributed by atoms with Crippen molar-refractivity contribution < 1.29 is 9.59 Å². The predicted octanol–water partition coefficient (Wildman–Crippen LogP) is 7.78. The van der Waals surface area contributed by atoms with Gasteiger partial charge in [-0.25, -0.2) is 0 Å². The molecule has 3 rings (SSSR count). The third-order valence-corrected chi connectivity index (χ3v) is 7.80. The Morgan fingerprint density at radius 3 is 2.10 bits per heavy atom. The maximum Gasteiger partial charge on any atom is 0.243 e. The van der Waals surface area contributed by atoms with Gasteiger partial charge < -0.3 is 10.2 Å². The molecule has 3 aromatic carbocycles. The van der Waals surface area contributed by atoms with Crippen molar-refractivity contribution in [3.05, 3.63) is 105 Å². The first-order valence-electron chi connectivity index (χ1n) is 13.6. The fourth-order valence-corrected chi connectivity index (χ4v) is 4.72. The molecule has 0 bridgehead atoms. The van der Waals surface area contributed by atoms with Crippen molar-refractivity contribution in [1.82, 2.24) is 10.2 Å². The summed E-state index contributed by atoms with van der Waals surface area (Å²) in [5.74, 6) is -0.239. The SMILES string of the molecule is CC[C@H](C)NC(=O)[C@H](Cc1ccccc1)N(Cc1ccc(Cl)c(Cl)c1)C(=O)CCc1ccc(C(C)(C)C)cc1. The van der Waals surface area contributed by atoms with Gasteiger partial charge >= 0.3 is 0 Å². The molecular formula is C33H40Cl2N2O2.